The van der Waals surface area contributed by atoms with Crippen molar-refractivity contribution in [3.05, 3.63) is 72.4 Å². The summed E-state index contributed by atoms with van der Waals surface area (Å²) >= 11 is 0. The van der Waals surface area contributed by atoms with Crippen LogP contribution in [0.2, 0.25) is 0 Å². The first-order valence-electron chi connectivity index (χ1n) is 10.5. The number of unbranched alkanes of at least 4 members (excludes halogenated alkanes) is 1. The van der Waals surface area contributed by atoms with Gasteiger partial charge in [0.1, 0.15) is 0 Å². The molecular formula is C25H32O3. The van der Waals surface area contributed by atoms with Crippen molar-refractivity contribution in [1.29, 1.82) is 0 Å². The van der Waals surface area contributed by atoms with Gasteiger partial charge in [0.2, 0.25) is 0 Å². The predicted molar refractivity (Wildman–Crippen MR) is 113 cm³/mol. The monoisotopic (exact) mass is 380 g/mol. The first kappa shape index (κ1) is 20.6. The summed E-state index contributed by atoms with van der Waals surface area (Å²) in [5.41, 5.74) is 1.17. The fourth-order valence-corrected chi connectivity index (χ4v) is 4.60. The van der Waals surface area contributed by atoms with Gasteiger partial charge in [0.25, 0.3) is 0 Å². The summed E-state index contributed by atoms with van der Waals surface area (Å²) in [5.74, 6) is 2.27. The number of fused-ring (bicyclic) bond motifs is 2. The zero-order valence-electron chi connectivity index (χ0n) is 16.7. The highest BCUT2D eigenvalue weighted by Gasteiger charge is 2.42. The number of hydrogen-bond acceptors (Lipinski definition) is 3. The third-order valence-corrected chi connectivity index (χ3v) is 6.09. The molecule has 150 valence electrons. The molecule has 3 heteroatoms. The first-order valence-corrected chi connectivity index (χ1v) is 10.5. The Bertz CT molecular complexity index is 704. The molecule has 3 rings (SSSR count). The van der Waals surface area contributed by atoms with Gasteiger partial charge in [-0.3, -0.25) is 4.79 Å². The minimum absolute atomic E-state index is 0.133. The van der Waals surface area contributed by atoms with Gasteiger partial charge < -0.3 is 9.84 Å². The van der Waals surface area contributed by atoms with Crippen molar-refractivity contribution in [2.75, 3.05) is 7.11 Å². The second kappa shape index (κ2) is 10.4. The number of esters is 1. The largest absolute Gasteiger partial charge is 0.469 e. The molecule has 2 bridgehead atoms. The van der Waals surface area contributed by atoms with Crippen molar-refractivity contribution in [3.63, 3.8) is 0 Å². The van der Waals surface area contributed by atoms with E-state index in [-0.39, 0.29) is 5.97 Å². The highest BCUT2D eigenvalue weighted by Crippen LogP contribution is 2.50. The molecule has 1 saturated carbocycles. The maximum Gasteiger partial charge on any atom is 0.305 e. The van der Waals surface area contributed by atoms with Gasteiger partial charge in [0.05, 0.1) is 13.2 Å². The maximum atomic E-state index is 11.1. The van der Waals surface area contributed by atoms with Crippen LogP contribution in [0.25, 0.3) is 0 Å². The molecule has 0 radical (unpaired) electrons. The van der Waals surface area contributed by atoms with Gasteiger partial charge in [-0.15, -0.1) is 0 Å². The molecule has 2 aliphatic carbocycles. The van der Waals surface area contributed by atoms with Crippen molar-refractivity contribution < 1.29 is 14.6 Å². The molecule has 0 amide bonds. The van der Waals surface area contributed by atoms with E-state index in [1.807, 2.05) is 24.3 Å². The van der Waals surface area contributed by atoms with Crippen LogP contribution in [0.5, 0.6) is 0 Å². The highest BCUT2D eigenvalue weighted by molar-refractivity contribution is 5.69. The lowest BCUT2D eigenvalue weighted by Crippen LogP contribution is -2.18. The van der Waals surface area contributed by atoms with E-state index in [1.54, 1.807) is 0 Å². The van der Waals surface area contributed by atoms with Gasteiger partial charge >= 0.3 is 5.97 Å². The molecule has 0 aromatic heterocycles. The Morgan fingerprint density at radius 1 is 1.21 bits per heavy atom. The van der Waals surface area contributed by atoms with Gasteiger partial charge in [0.15, 0.2) is 0 Å². The first-order chi connectivity index (χ1) is 13.7. The Balaban J connectivity index is 1.49. The molecule has 0 heterocycles. The molecule has 1 aromatic carbocycles. The van der Waals surface area contributed by atoms with Crippen molar-refractivity contribution in [3.8, 4) is 0 Å². The van der Waals surface area contributed by atoms with E-state index in [0.29, 0.717) is 36.5 Å². The number of rotatable bonds is 10. The SMILES string of the molecule is COC(=O)CCC/C=C\CC1C(C=CC(O)Cc2ccccc2)[C@H]2C=C[C@H]1C2. The van der Waals surface area contributed by atoms with Crippen LogP contribution in [0.3, 0.4) is 0 Å². The van der Waals surface area contributed by atoms with Crippen LogP contribution in [-0.2, 0) is 16.0 Å². The van der Waals surface area contributed by atoms with Crippen LogP contribution in [0.4, 0.5) is 0 Å². The summed E-state index contributed by atoms with van der Waals surface area (Å²) in [5, 5.41) is 10.4. The number of aliphatic hydroxyl groups is 1. The fraction of sp³-hybridized carbons (Fsp3) is 0.480. The molecule has 1 fully saturated rings. The summed E-state index contributed by atoms with van der Waals surface area (Å²) in [6, 6.07) is 10.2. The topological polar surface area (TPSA) is 46.5 Å². The van der Waals surface area contributed by atoms with Gasteiger partial charge in [-0.2, -0.15) is 0 Å². The number of allylic oxidation sites excluding steroid dienone is 5. The number of carbonyl (C=O) groups is 1. The normalized spacial score (nSPS) is 27.1. The number of benzene rings is 1. The van der Waals surface area contributed by atoms with Crippen molar-refractivity contribution in [2.45, 2.75) is 44.6 Å². The van der Waals surface area contributed by atoms with Crippen LogP contribution in [-0.4, -0.2) is 24.3 Å². The van der Waals surface area contributed by atoms with Crippen LogP contribution in [0, 0.1) is 23.7 Å². The Hall–Kier alpha value is -2.13. The fourth-order valence-electron chi connectivity index (χ4n) is 4.60. The molecule has 28 heavy (non-hydrogen) atoms. The number of aliphatic hydroxyl groups excluding tert-OH is 1. The molecule has 3 nitrogen and oxygen atoms in total. The van der Waals surface area contributed by atoms with Gasteiger partial charge in [-0.25, -0.2) is 0 Å². The average Bonchev–Trinajstić information content (AvgIpc) is 3.31. The lowest BCUT2D eigenvalue weighted by atomic mass is 9.80. The smallest absolute Gasteiger partial charge is 0.305 e. The average molecular weight is 381 g/mol. The van der Waals surface area contributed by atoms with E-state index in [0.717, 1.165) is 19.3 Å². The summed E-state index contributed by atoms with van der Waals surface area (Å²) in [7, 11) is 1.44. The quantitative estimate of drug-likeness (QED) is 0.358. The highest BCUT2D eigenvalue weighted by atomic mass is 16.5. The molecule has 0 aliphatic heterocycles. The van der Waals surface area contributed by atoms with Crippen LogP contribution >= 0.6 is 0 Å². The Kier molecular flexibility index (Phi) is 7.67. The predicted octanol–water partition coefficient (Wildman–Crippen LogP) is 4.87. The molecular weight excluding hydrogens is 348 g/mol. The van der Waals surface area contributed by atoms with E-state index in [4.69, 9.17) is 0 Å². The Labute approximate surface area is 168 Å². The van der Waals surface area contributed by atoms with E-state index in [9.17, 15) is 9.90 Å². The third kappa shape index (κ3) is 5.68. The van der Waals surface area contributed by atoms with Crippen molar-refractivity contribution in [1.82, 2.24) is 0 Å². The van der Waals surface area contributed by atoms with E-state index < -0.39 is 6.10 Å². The van der Waals surface area contributed by atoms with Crippen LogP contribution in [0.1, 0.15) is 37.7 Å². The van der Waals surface area contributed by atoms with Gasteiger partial charge in [-0.1, -0.05) is 66.8 Å². The summed E-state index contributed by atoms with van der Waals surface area (Å²) < 4.78 is 4.67. The molecule has 1 N–H and O–H groups in total. The third-order valence-electron chi connectivity index (χ3n) is 6.09. The van der Waals surface area contributed by atoms with Gasteiger partial charge in [-0.05, 0) is 54.9 Å². The van der Waals surface area contributed by atoms with E-state index >= 15 is 0 Å². The Morgan fingerprint density at radius 2 is 2.00 bits per heavy atom. The molecule has 5 atom stereocenters. The zero-order valence-corrected chi connectivity index (χ0v) is 16.7. The zero-order chi connectivity index (χ0) is 19.8. The number of methoxy groups -OCH3 is 1. The lowest BCUT2D eigenvalue weighted by Gasteiger charge is -2.25. The Morgan fingerprint density at radius 3 is 2.79 bits per heavy atom. The molecule has 2 aliphatic rings. The number of carbonyl (C=O) groups excluding carboxylic acids is 1. The molecule has 3 unspecified atom stereocenters. The maximum absolute atomic E-state index is 11.1. The lowest BCUT2D eigenvalue weighted by molar-refractivity contribution is -0.140. The summed E-state index contributed by atoms with van der Waals surface area (Å²) in [4.78, 5) is 11.1. The van der Waals surface area contributed by atoms with E-state index in [1.165, 1.54) is 19.1 Å². The van der Waals surface area contributed by atoms with Crippen LogP contribution < -0.4 is 0 Å². The molecule has 0 saturated heterocycles. The standard InChI is InChI=1S/C25H32O3/c1-28-25(27)12-8-3-2-7-11-23-20-13-14-21(18-20)24(23)16-15-22(26)17-19-9-5-4-6-10-19/h2,4-7,9-10,13-16,20-24,26H,3,8,11-12,17-18H2,1H3/b7-2-,16-15?/t20-,21-,22?,23?,24?/m0/s1. The van der Waals surface area contributed by atoms with Crippen molar-refractivity contribution >= 4 is 5.97 Å². The number of hydrogen-bond donors (Lipinski definition) is 1. The molecule has 1 aromatic rings. The summed E-state index contributed by atoms with van der Waals surface area (Å²) in [6.07, 6.45) is 18.3. The second-order valence-electron chi connectivity index (χ2n) is 8.01. The summed E-state index contributed by atoms with van der Waals surface area (Å²) in [6.45, 7) is 0. The van der Waals surface area contributed by atoms with Gasteiger partial charge in [0, 0.05) is 12.8 Å². The van der Waals surface area contributed by atoms with Crippen molar-refractivity contribution in [2.24, 2.45) is 23.7 Å². The second-order valence-corrected chi connectivity index (χ2v) is 8.01. The minimum Gasteiger partial charge on any atom is -0.469 e. The number of ether oxygens (including phenoxy) is 1. The van der Waals surface area contributed by atoms with E-state index in [2.05, 4.69) is 47.2 Å². The minimum atomic E-state index is -0.431. The van der Waals surface area contributed by atoms with Crippen LogP contribution in [0.15, 0.2) is 66.8 Å². The molecule has 0 spiro atoms.